The number of pyridine rings is 1. The number of nitrogens with zero attached hydrogens (tertiary/aromatic N) is 1. The number of fused-ring (bicyclic) bond motifs is 1. The third-order valence-electron chi connectivity index (χ3n) is 5.33. The molecular formula is C22H21Cl2N3O2. The van der Waals surface area contributed by atoms with Crippen LogP contribution in [0.2, 0.25) is 10.0 Å². The molecule has 0 atom stereocenters. The molecular weight excluding hydrogens is 409 g/mol. The molecule has 1 saturated carbocycles. The van der Waals surface area contributed by atoms with Crippen molar-refractivity contribution in [3.05, 3.63) is 64.3 Å². The Balaban J connectivity index is 1.36. The van der Waals surface area contributed by atoms with Gasteiger partial charge in [-0.2, -0.15) is 0 Å². The molecule has 0 bridgehead atoms. The van der Waals surface area contributed by atoms with Crippen molar-refractivity contribution >= 4 is 45.7 Å². The minimum Gasteiger partial charge on any atom is -0.507 e. The Hall–Kier alpha value is -2.50. The zero-order valence-corrected chi connectivity index (χ0v) is 17.2. The van der Waals surface area contributed by atoms with Crippen LogP contribution in [0.25, 0.3) is 10.9 Å². The van der Waals surface area contributed by atoms with Gasteiger partial charge in [-0.05, 0) is 68.1 Å². The highest BCUT2D eigenvalue weighted by Crippen LogP contribution is 2.29. The fourth-order valence-corrected chi connectivity index (χ4v) is 4.14. The zero-order valence-electron chi connectivity index (χ0n) is 15.7. The third-order valence-corrected chi connectivity index (χ3v) is 5.80. The lowest BCUT2D eigenvalue weighted by atomic mass is 9.90. The molecule has 5 nitrogen and oxygen atoms in total. The number of phenols is 1. The number of halogens is 2. The van der Waals surface area contributed by atoms with Crippen molar-refractivity contribution in [3.63, 3.8) is 0 Å². The lowest BCUT2D eigenvalue weighted by Gasteiger charge is -2.30. The Morgan fingerprint density at radius 1 is 0.966 bits per heavy atom. The van der Waals surface area contributed by atoms with Gasteiger partial charge in [-0.25, -0.2) is 0 Å². The smallest absolute Gasteiger partial charge is 0.255 e. The van der Waals surface area contributed by atoms with Crippen molar-refractivity contribution < 1.29 is 9.90 Å². The molecule has 1 heterocycles. The van der Waals surface area contributed by atoms with E-state index < -0.39 is 0 Å². The van der Waals surface area contributed by atoms with Gasteiger partial charge in [-0.3, -0.25) is 9.78 Å². The quantitative estimate of drug-likeness (QED) is 0.518. The number of carbonyl (C=O) groups excluding carboxylic acids is 1. The number of phenolic OH excluding ortho intramolecular Hbond substituents is 1. The summed E-state index contributed by atoms with van der Waals surface area (Å²) in [6.07, 6.45) is 5.37. The first-order valence-corrected chi connectivity index (χ1v) is 10.4. The predicted molar refractivity (Wildman–Crippen MR) is 117 cm³/mol. The topological polar surface area (TPSA) is 74.2 Å². The third kappa shape index (κ3) is 4.57. The molecule has 1 fully saturated rings. The largest absolute Gasteiger partial charge is 0.507 e. The number of aromatic nitrogens is 1. The Kier molecular flexibility index (Phi) is 5.79. The van der Waals surface area contributed by atoms with Gasteiger partial charge in [0, 0.05) is 39.4 Å². The molecule has 29 heavy (non-hydrogen) atoms. The van der Waals surface area contributed by atoms with Crippen molar-refractivity contribution in [1.29, 1.82) is 0 Å². The molecule has 1 aromatic heterocycles. The van der Waals surface area contributed by atoms with Crippen molar-refractivity contribution in [3.8, 4) is 5.75 Å². The zero-order chi connectivity index (χ0) is 20.4. The Morgan fingerprint density at radius 2 is 1.66 bits per heavy atom. The molecule has 7 heteroatoms. The first-order chi connectivity index (χ1) is 14.0. The van der Waals surface area contributed by atoms with Gasteiger partial charge >= 0.3 is 0 Å². The van der Waals surface area contributed by atoms with Crippen LogP contribution in [0, 0.1) is 0 Å². The SMILES string of the molecule is O=C(N[C@H]1CC[C@@H](Nc2ccnc3cc(Cl)ccc23)CC1)c1cc(Cl)ccc1O. The molecule has 150 valence electrons. The number of hydrogen-bond acceptors (Lipinski definition) is 4. The number of carbonyl (C=O) groups is 1. The van der Waals surface area contributed by atoms with Gasteiger partial charge in [-0.15, -0.1) is 0 Å². The van der Waals surface area contributed by atoms with E-state index in [9.17, 15) is 9.90 Å². The highest BCUT2D eigenvalue weighted by atomic mass is 35.5. The first kappa shape index (κ1) is 19.8. The van der Waals surface area contributed by atoms with Crippen LogP contribution in [0.5, 0.6) is 5.75 Å². The molecule has 3 N–H and O–H groups in total. The van der Waals surface area contributed by atoms with E-state index in [4.69, 9.17) is 23.2 Å². The second kappa shape index (κ2) is 8.47. The molecule has 3 aromatic rings. The molecule has 4 rings (SSSR count). The maximum atomic E-state index is 12.5. The van der Waals surface area contributed by atoms with E-state index >= 15 is 0 Å². The van der Waals surface area contributed by atoms with E-state index in [0.29, 0.717) is 16.1 Å². The van der Waals surface area contributed by atoms with Crippen LogP contribution < -0.4 is 10.6 Å². The maximum absolute atomic E-state index is 12.5. The van der Waals surface area contributed by atoms with Crippen molar-refractivity contribution in [2.45, 2.75) is 37.8 Å². The summed E-state index contributed by atoms with van der Waals surface area (Å²) in [4.78, 5) is 16.9. The molecule has 0 radical (unpaired) electrons. The van der Waals surface area contributed by atoms with Crippen molar-refractivity contribution in [1.82, 2.24) is 10.3 Å². The first-order valence-electron chi connectivity index (χ1n) is 9.60. The number of hydrogen-bond donors (Lipinski definition) is 3. The number of anilines is 1. The number of aromatic hydroxyl groups is 1. The summed E-state index contributed by atoms with van der Waals surface area (Å²) >= 11 is 12.0. The molecule has 1 aliphatic carbocycles. The molecule has 0 saturated heterocycles. The summed E-state index contributed by atoms with van der Waals surface area (Å²) in [5.41, 5.74) is 2.12. The molecule has 0 spiro atoms. The number of rotatable bonds is 4. The summed E-state index contributed by atoms with van der Waals surface area (Å²) in [7, 11) is 0. The van der Waals surface area contributed by atoms with Crippen molar-refractivity contribution in [2.24, 2.45) is 0 Å². The number of benzene rings is 2. The average Bonchev–Trinajstić information content (AvgIpc) is 2.71. The molecule has 2 aromatic carbocycles. The minimum atomic E-state index is -0.293. The average molecular weight is 430 g/mol. The lowest BCUT2D eigenvalue weighted by molar-refractivity contribution is 0.0924. The van der Waals surface area contributed by atoms with Gasteiger partial charge in [0.15, 0.2) is 0 Å². The van der Waals surface area contributed by atoms with E-state index in [1.54, 1.807) is 12.3 Å². The second-order valence-corrected chi connectivity index (χ2v) is 8.22. The molecule has 0 unspecified atom stereocenters. The van der Waals surface area contributed by atoms with Gasteiger partial charge in [0.05, 0.1) is 11.1 Å². The lowest BCUT2D eigenvalue weighted by Crippen LogP contribution is -2.40. The number of amides is 1. The van der Waals surface area contributed by atoms with E-state index in [1.807, 2.05) is 24.3 Å². The normalized spacial score (nSPS) is 19.1. The maximum Gasteiger partial charge on any atom is 0.255 e. The standard InChI is InChI=1S/C22H21Cl2N3O2/c23-13-2-8-21(28)18(11-13)22(29)27-16-5-3-15(4-6-16)26-19-9-10-25-20-12-14(24)1-7-17(19)20/h1-2,7-12,15-16,28H,3-6H2,(H,25,26)(H,27,29)/t15-,16+. The summed E-state index contributed by atoms with van der Waals surface area (Å²) < 4.78 is 0. The summed E-state index contributed by atoms with van der Waals surface area (Å²) in [6.45, 7) is 0. The van der Waals surface area contributed by atoms with Gasteiger partial charge in [0.25, 0.3) is 5.91 Å². The fraction of sp³-hybridized carbons (Fsp3) is 0.273. The van der Waals surface area contributed by atoms with Crippen LogP contribution in [-0.2, 0) is 0 Å². The molecule has 1 aliphatic rings. The highest BCUT2D eigenvalue weighted by Gasteiger charge is 2.24. The van der Waals surface area contributed by atoms with E-state index in [0.717, 1.165) is 42.3 Å². The highest BCUT2D eigenvalue weighted by molar-refractivity contribution is 6.31. The van der Waals surface area contributed by atoms with Gasteiger partial charge < -0.3 is 15.7 Å². The van der Waals surface area contributed by atoms with Crippen molar-refractivity contribution in [2.75, 3.05) is 5.32 Å². The Bertz CT molecular complexity index is 1050. The van der Waals surface area contributed by atoms with Crippen LogP contribution in [0.4, 0.5) is 5.69 Å². The minimum absolute atomic E-state index is 0.0630. The summed E-state index contributed by atoms with van der Waals surface area (Å²) in [5, 5.41) is 18.7. The molecule has 1 amide bonds. The predicted octanol–water partition coefficient (Wildman–Crippen LogP) is 5.40. The Morgan fingerprint density at radius 3 is 2.45 bits per heavy atom. The van der Waals surface area contributed by atoms with Crippen LogP contribution in [0.3, 0.4) is 0 Å². The van der Waals surface area contributed by atoms with Gasteiger partial charge in [0.1, 0.15) is 5.75 Å². The van der Waals surface area contributed by atoms with Gasteiger partial charge in [0.2, 0.25) is 0 Å². The summed E-state index contributed by atoms with van der Waals surface area (Å²) in [5.74, 6) is -0.356. The van der Waals surface area contributed by atoms with Crippen LogP contribution in [0.1, 0.15) is 36.0 Å². The van der Waals surface area contributed by atoms with Crippen LogP contribution in [-0.4, -0.2) is 28.1 Å². The monoisotopic (exact) mass is 429 g/mol. The summed E-state index contributed by atoms with van der Waals surface area (Å²) in [6, 6.07) is 12.6. The van der Waals surface area contributed by atoms with Crippen LogP contribution >= 0.6 is 23.2 Å². The Labute approximate surface area is 179 Å². The second-order valence-electron chi connectivity index (χ2n) is 7.35. The van der Waals surface area contributed by atoms with Gasteiger partial charge in [-0.1, -0.05) is 23.2 Å². The number of nitrogens with one attached hydrogen (secondary N) is 2. The molecule has 0 aliphatic heterocycles. The van der Waals surface area contributed by atoms with Crippen LogP contribution in [0.15, 0.2) is 48.7 Å². The van der Waals surface area contributed by atoms with E-state index in [2.05, 4.69) is 15.6 Å². The fourth-order valence-electron chi connectivity index (χ4n) is 3.80. The van der Waals surface area contributed by atoms with E-state index in [1.165, 1.54) is 12.1 Å². The van der Waals surface area contributed by atoms with E-state index in [-0.39, 0.29) is 23.3 Å².